The second kappa shape index (κ2) is 6.02. The van der Waals surface area contributed by atoms with Crippen molar-refractivity contribution in [1.82, 2.24) is 0 Å². The first-order chi connectivity index (χ1) is 9.62. The number of nitrogens with zero attached hydrogens (tertiary/aromatic N) is 1. The molecule has 0 spiro atoms. The van der Waals surface area contributed by atoms with Crippen molar-refractivity contribution in [3.63, 3.8) is 0 Å². The maximum Gasteiger partial charge on any atom is 0.128 e. The summed E-state index contributed by atoms with van der Waals surface area (Å²) in [6.45, 7) is 0.293. The first-order valence-corrected chi connectivity index (χ1v) is 5.89. The summed E-state index contributed by atoms with van der Waals surface area (Å²) in [5.41, 5.74) is 1.55. The van der Waals surface area contributed by atoms with Crippen molar-refractivity contribution >= 4 is 5.69 Å². The quantitative estimate of drug-likeness (QED) is 0.928. The van der Waals surface area contributed by atoms with Gasteiger partial charge in [-0.15, -0.1) is 0 Å². The molecule has 0 aliphatic carbocycles. The van der Waals surface area contributed by atoms with E-state index in [2.05, 4.69) is 5.32 Å². The van der Waals surface area contributed by atoms with Gasteiger partial charge in [0.05, 0.1) is 18.7 Å². The highest BCUT2D eigenvalue weighted by atomic mass is 19.1. The third-order valence-electron chi connectivity index (χ3n) is 2.76. The first-order valence-electron chi connectivity index (χ1n) is 5.89. The Balaban J connectivity index is 2.19. The van der Waals surface area contributed by atoms with Crippen LogP contribution in [0.5, 0.6) is 5.75 Å². The summed E-state index contributed by atoms with van der Waals surface area (Å²) < 4.78 is 31.3. The van der Waals surface area contributed by atoms with E-state index in [9.17, 15) is 8.78 Å². The molecule has 0 aliphatic heterocycles. The van der Waals surface area contributed by atoms with Crippen LogP contribution in [-0.2, 0) is 6.54 Å². The Morgan fingerprint density at radius 2 is 1.85 bits per heavy atom. The Kier molecular flexibility index (Phi) is 4.16. The predicted octanol–water partition coefficient (Wildman–Crippen LogP) is 3.46. The number of hydrogen-bond donors (Lipinski definition) is 1. The van der Waals surface area contributed by atoms with Crippen LogP contribution in [0, 0.1) is 23.0 Å². The summed E-state index contributed by atoms with van der Waals surface area (Å²) in [6.07, 6.45) is 0. The summed E-state index contributed by atoms with van der Waals surface area (Å²) in [5.74, 6) is -0.691. The van der Waals surface area contributed by atoms with Crippen LogP contribution in [0.25, 0.3) is 0 Å². The molecule has 0 aliphatic rings. The molecule has 5 heteroatoms. The smallest absolute Gasteiger partial charge is 0.128 e. The van der Waals surface area contributed by atoms with Gasteiger partial charge >= 0.3 is 0 Å². The summed E-state index contributed by atoms with van der Waals surface area (Å²) in [4.78, 5) is 0. The zero-order valence-electron chi connectivity index (χ0n) is 10.8. The molecular formula is C15H12F2N2O. The molecule has 1 N–H and O–H groups in total. The molecule has 2 rings (SSSR count). The maximum atomic E-state index is 13.1. The van der Waals surface area contributed by atoms with Gasteiger partial charge in [-0.05, 0) is 30.3 Å². The van der Waals surface area contributed by atoms with Gasteiger partial charge in [0.2, 0.25) is 0 Å². The topological polar surface area (TPSA) is 45.0 Å². The van der Waals surface area contributed by atoms with Gasteiger partial charge < -0.3 is 10.1 Å². The van der Waals surface area contributed by atoms with Crippen LogP contribution >= 0.6 is 0 Å². The van der Waals surface area contributed by atoms with Crippen LogP contribution < -0.4 is 10.1 Å². The summed E-state index contributed by atoms with van der Waals surface area (Å²) in [5, 5.41) is 11.8. The van der Waals surface area contributed by atoms with Gasteiger partial charge in [-0.3, -0.25) is 0 Å². The number of rotatable bonds is 4. The lowest BCUT2D eigenvalue weighted by Gasteiger charge is -2.11. The minimum atomic E-state index is -0.648. The van der Waals surface area contributed by atoms with Crippen molar-refractivity contribution in [3.8, 4) is 11.8 Å². The fourth-order valence-electron chi connectivity index (χ4n) is 1.84. The van der Waals surface area contributed by atoms with E-state index in [0.717, 1.165) is 11.6 Å². The number of benzene rings is 2. The summed E-state index contributed by atoms with van der Waals surface area (Å²) >= 11 is 0. The number of anilines is 1. The second-order valence-electron chi connectivity index (χ2n) is 4.15. The third kappa shape index (κ3) is 3.23. The lowest BCUT2D eigenvalue weighted by atomic mass is 10.1. The van der Waals surface area contributed by atoms with E-state index in [-0.39, 0.29) is 0 Å². The molecular weight excluding hydrogens is 262 g/mol. The van der Waals surface area contributed by atoms with Gasteiger partial charge in [0.25, 0.3) is 0 Å². The fourth-order valence-corrected chi connectivity index (χ4v) is 1.84. The Bertz CT molecular complexity index is 645. The van der Waals surface area contributed by atoms with Crippen LogP contribution in [0.4, 0.5) is 14.5 Å². The van der Waals surface area contributed by atoms with Crippen LogP contribution in [0.3, 0.4) is 0 Å². The number of ether oxygens (including phenoxy) is 1. The zero-order chi connectivity index (χ0) is 14.5. The molecule has 2 aromatic carbocycles. The third-order valence-corrected chi connectivity index (χ3v) is 2.76. The zero-order valence-corrected chi connectivity index (χ0v) is 10.8. The van der Waals surface area contributed by atoms with E-state index >= 15 is 0 Å². The van der Waals surface area contributed by atoms with Crippen molar-refractivity contribution in [1.29, 1.82) is 5.26 Å². The molecule has 0 radical (unpaired) electrons. The number of nitrogens with one attached hydrogen (secondary N) is 1. The van der Waals surface area contributed by atoms with E-state index < -0.39 is 11.6 Å². The highest BCUT2D eigenvalue weighted by Gasteiger charge is 2.06. The summed E-state index contributed by atoms with van der Waals surface area (Å²) in [7, 11) is 1.52. The van der Waals surface area contributed by atoms with E-state index in [0.29, 0.717) is 23.5 Å². The van der Waals surface area contributed by atoms with Crippen molar-refractivity contribution in [2.45, 2.75) is 6.54 Å². The van der Waals surface area contributed by atoms with Crippen molar-refractivity contribution in [2.75, 3.05) is 12.4 Å². The number of nitriles is 1. The van der Waals surface area contributed by atoms with E-state index in [1.165, 1.54) is 19.2 Å². The molecule has 0 atom stereocenters. The van der Waals surface area contributed by atoms with Gasteiger partial charge in [0.1, 0.15) is 17.4 Å². The highest BCUT2D eigenvalue weighted by Crippen LogP contribution is 2.21. The number of hydrogen-bond acceptors (Lipinski definition) is 3. The van der Waals surface area contributed by atoms with Gasteiger partial charge in [0.15, 0.2) is 0 Å². The number of methoxy groups -OCH3 is 1. The Morgan fingerprint density at radius 3 is 2.45 bits per heavy atom. The number of halogens is 2. The van der Waals surface area contributed by atoms with Crippen LogP contribution in [0.1, 0.15) is 11.1 Å². The standard InChI is InChI=1S/C15H12F2N2O/c1-20-15-3-2-10(8-18)4-11(15)9-19-14-6-12(16)5-13(17)7-14/h2-7,19H,9H2,1H3. The Hall–Kier alpha value is -2.61. The molecule has 0 fully saturated rings. The van der Waals surface area contributed by atoms with Crippen molar-refractivity contribution < 1.29 is 13.5 Å². The molecule has 0 amide bonds. The van der Waals surface area contributed by atoms with E-state index in [1.807, 2.05) is 6.07 Å². The minimum absolute atomic E-state index is 0.293. The monoisotopic (exact) mass is 274 g/mol. The molecule has 3 nitrogen and oxygen atoms in total. The molecule has 20 heavy (non-hydrogen) atoms. The molecule has 102 valence electrons. The van der Waals surface area contributed by atoms with Gasteiger partial charge in [-0.2, -0.15) is 5.26 Å². The Morgan fingerprint density at radius 1 is 1.15 bits per heavy atom. The molecule has 0 bridgehead atoms. The van der Waals surface area contributed by atoms with E-state index in [4.69, 9.17) is 10.00 Å². The van der Waals surface area contributed by atoms with Crippen LogP contribution in [-0.4, -0.2) is 7.11 Å². The predicted molar refractivity (Wildman–Crippen MR) is 71.4 cm³/mol. The maximum absolute atomic E-state index is 13.1. The lowest BCUT2D eigenvalue weighted by Crippen LogP contribution is -2.03. The molecule has 2 aromatic rings. The minimum Gasteiger partial charge on any atom is -0.496 e. The molecule has 0 aromatic heterocycles. The average molecular weight is 274 g/mol. The first kappa shape index (κ1) is 13.8. The largest absolute Gasteiger partial charge is 0.496 e. The summed E-state index contributed by atoms with van der Waals surface area (Å²) in [6, 6.07) is 10.2. The van der Waals surface area contributed by atoms with Crippen LogP contribution in [0.2, 0.25) is 0 Å². The molecule has 0 saturated heterocycles. The van der Waals surface area contributed by atoms with Gasteiger partial charge in [0, 0.05) is 23.9 Å². The van der Waals surface area contributed by atoms with Crippen LogP contribution in [0.15, 0.2) is 36.4 Å². The van der Waals surface area contributed by atoms with Gasteiger partial charge in [-0.1, -0.05) is 0 Å². The SMILES string of the molecule is COc1ccc(C#N)cc1CNc1cc(F)cc(F)c1. The molecule has 0 unspecified atom stereocenters. The Labute approximate surface area is 115 Å². The molecule has 0 saturated carbocycles. The van der Waals surface area contributed by atoms with E-state index in [1.54, 1.807) is 18.2 Å². The fraction of sp³-hybridized carbons (Fsp3) is 0.133. The average Bonchev–Trinajstić information content (AvgIpc) is 2.43. The normalized spacial score (nSPS) is 9.90. The van der Waals surface area contributed by atoms with Gasteiger partial charge in [-0.25, -0.2) is 8.78 Å². The van der Waals surface area contributed by atoms with Crippen molar-refractivity contribution in [3.05, 3.63) is 59.2 Å². The molecule has 0 heterocycles. The second-order valence-corrected chi connectivity index (χ2v) is 4.15. The lowest BCUT2D eigenvalue weighted by molar-refractivity contribution is 0.410. The van der Waals surface area contributed by atoms with Crippen molar-refractivity contribution in [2.24, 2.45) is 0 Å². The highest BCUT2D eigenvalue weighted by molar-refractivity contribution is 5.47.